The Balaban J connectivity index is 1.83. The molecule has 2 aliphatic rings. The van der Waals surface area contributed by atoms with Gasteiger partial charge in [-0.05, 0) is 65.8 Å². The molecule has 1 fully saturated rings. The summed E-state index contributed by atoms with van der Waals surface area (Å²) in [4.78, 5) is 20.1. The number of benzene rings is 1. The zero-order valence-electron chi connectivity index (χ0n) is 11.7. The first-order valence-corrected chi connectivity index (χ1v) is 8.69. The van der Waals surface area contributed by atoms with Crippen LogP contribution in [0.2, 0.25) is 0 Å². The van der Waals surface area contributed by atoms with Crippen molar-refractivity contribution < 1.29 is 0 Å². The van der Waals surface area contributed by atoms with Crippen LogP contribution in [0.5, 0.6) is 0 Å². The lowest BCUT2D eigenvalue weighted by Crippen LogP contribution is -2.22. The molecule has 2 aromatic rings. The Bertz CT molecular complexity index is 749. The summed E-state index contributed by atoms with van der Waals surface area (Å²) < 4.78 is 0.781. The maximum atomic E-state index is 12.2. The zero-order chi connectivity index (χ0) is 14.4. The molecule has 21 heavy (non-hydrogen) atoms. The van der Waals surface area contributed by atoms with Gasteiger partial charge in [0.1, 0.15) is 5.82 Å². The van der Waals surface area contributed by atoms with Crippen molar-refractivity contribution >= 4 is 22.6 Å². The minimum absolute atomic E-state index is 0.0329. The summed E-state index contributed by atoms with van der Waals surface area (Å²) in [5.74, 6) is 1.63. The molecule has 0 spiro atoms. The average Bonchev–Trinajstić information content (AvgIpc) is 3.34. The van der Waals surface area contributed by atoms with Crippen molar-refractivity contribution in [1.29, 1.82) is 0 Å². The highest BCUT2D eigenvalue weighted by Crippen LogP contribution is 2.41. The van der Waals surface area contributed by atoms with E-state index in [-0.39, 0.29) is 11.5 Å². The van der Waals surface area contributed by atoms with Crippen molar-refractivity contribution in [3.63, 3.8) is 0 Å². The monoisotopic (exact) mass is 392 g/mol. The Kier molecular flexibility index (Phi) is 3.36. The van der Waals surface area contributed by atoms with Crippen LogP contribution in [0.15, 0.2) is 29.1 Å². The quantitative estimate of drug-likeness (QED) is 0.792. The third-order valence-corrected chi connectivity index (χ3v) is 5.61. The maximum Gasteiger partial charge on any atom is 0.264 e. The molecule has 1 atom stereocenters. The number of hydrogen-bond donors (Lipinski definition) is 1. The summed E-state index contributed by atoms with van der Waals surface area (Å²) in [5.41, 5.74) is 3.81. The zero-order valence-corrected chi connectivity index (χ0v) is 13.9. The van der Waals surface area contributed by atoms with Gasteiger partial charge in [0.25, 0.3) is 5.56 Å². The fourth-order valence-electron chi connectivity index (χ4n) is 3.32. The van der Waals surface area contributed by atoms with Crippen LogP contribution in [0.1, 0.15) is 60.2 Å². The molecule has 1 unspecified atom stereocenters. The highest BCUT2D eigenvalue weighted by molar-refractivity contribution is 14.1. The Morgan fingerprint density at radius 1 is 1.19 bits per heavy atom. The molecule has 1 saturated carbocycles. The van der Waals surface area contributed by atoms with Crippen molar-refractivity contribution in [2.75, 3.05) is 0 Å². The number of nitrogens with zero attached hydrogens (tertiary/aromatic N) is 1. The summed E-state index contributed by atoms with van der Waals surface area (Å²) >= 11 is 2.14. The molecule has 108 valence electrons. The standard InChI is InChI=1S/C17H17IN2O/c18-14-15(11-8-9-11)19-16(20-17(14)21)13-7-3-5-10-4-1-2-6-12(10)13/h1-2,4,6,11,13H,3,5,7-9H2,(H,19,20,21). The van der Waals surface area contributed by atoms with Gasteiger partial charge in [-0.15, -0.1) is 0 Å². The average molecular weight is 392 g/mol. The molecule has 3 nitrogen and oxygen atoms in total. The van der Waals surface area contributed by atoms with Crippen molar-refractivity contribution in [3.8, 4) is 0 Å². The summed E-state index contributed by atoms with van der Waals surface area (Å²) in [6.45, 7) is 0. The first-order valence-electron chi connectivity index (χ1n) is 7.61. The lowest BCUT2D eigenvalue weighted by molar-refractivity contribution is 0.584. The number of hydrogen-bond acceptors (Lipinski definition) is 2. The second kappa shape index (κ2) is 5.23. The van der Waals surface area contributed by atoms with Crippen LogP contribution in [-0.2, 0) is 6.42 Å². The molecule has 4 heteroatoms. The summed E-state index contributed by atoms with van der Waals surface area (Å²) in [6.07, 6.45) is 5.72. The SMILES string of the molecule is O=c1[nH]c(C2CCCc3ccccc32)nc(C2CC2)c1I. The highest BCUT2D eigenvalue weighted by Gasteiger charge is 2.31. The normalized spacial score (nSPS) is 21.1. The molecular weight excluding hydrogens is 375 g/mol. The molecule has 4 rings (SSSR count). The molecule has 0 saturated heterocycles. The van der Waals surface area contributed by atoms with Crippen LogP contribution in [-0.4, -0.2) is 9.97 Å². The third kappa shape index (κ3) is 2.43. The van der Waals surface area contributed by atoms with Crippen LogP contribution < -0.4 is 5.56 Å². The van der Waals surface area contributed by atoms with Crippen LogP contribution in [0.25, 0.3) is 0 Å². The van der Waals surface area contributed by atoms with Crippen LogP contribution in [0.4, 0.5) is 0 Å². The maximum absolute atomic E-state index is 12.2. The van der Waals surface area contributed by atoms with E-state index in [9.17, 15) is 4.79 Å². The van der Waals surface area contributed by atoms with Crippen LogP contribution in [0.3, 0.4) is 0 Å². The molecule has 1 aromatic heterocycles. The second-order valence-corrected chi connectivity index (χ2v) is 7.15. The Morgan fingerprint density at radius 3 is 2.81 bits per heavy atom. The Hall–Kier alpha value is -1.17. The Morgan fingerprint density at radius 2 is 2.00 bits per heavy atom. The summed E-state index contributed by atoms with van der Waals surface area (Å²) in [6, 6.07) is 8.58. The van der Waals surface area contributed by atoms with Gasteiger partial charge in [0.2, 0.25) is 0 Å². The number of nitrogens with one attached hydrogen (secondary N) is 1. The first-order chi connectivity index (χ1) is 10.2. The smallest absolute Gasteiger partial charge is 0.264 e. The molecular formula is C17H17IN2O. The number of rotatable bonds is 2. The van der Waals surface area contributed by atoms with Gasteiger partial charge in [0.05, 0.1) is 9.26 Å². The number of halogens is 1. The number of fused-ring (bicyclic) bond motifs is 1. The highest BCUT2D eigenvalue weighted by atomic mass is 127. The fraction of sp³-hybridized carbons (Fsp3) is 0.412. The lowest BCUT2D eigenvalue weighted by atomic mass is 9.82. The predicted molar refractivity (Wildman–Crippen MR) is 90.8 cm³/mol. The summed E-state index contributed by atoms with van der Waals surface area (Å²) in [5, 5.41) is 0. The van der Waals surface area contributed by atoms with Crippen molar-refractivity contribution in [3.05, 3.63) is 60.8 Å². The predicted octanol–water partition coefficient (Wildman–Crippen LogP) is 3.72. The molecule has 1 N–H and O–H groups in total. The number of H-pyrrole nitrogens is 1. The molecule has 1 aromatic carbocycles. The van der Waals surface area contributed by atoms with Gasteiger partial charge in [0, 0.05) is 11.8 Å². The van der Waals surface area contributed by atoms with E-state index in [0.717, 1.165) is 34.4 Å². The van der Waals surface area contributed by atoms with Gasteiger partial charge < -0.3 is 4.98 Å². The molecule has 2 aliphatic carbocycles. The number of aryl methyl sites for hydroxylation is 1. The fourth-order valence-corrected chi connectivity index (χ4v) is 4.02. The van der Waals surface area contributed by atoms with Gasteiger partial charge in [-0.1, -0.05) is 24.3 Å². The molecule has 0 amide bonds. The lowest BCUT2D eigenvalue weighted by Gasteiger charge is -2.25. The van der Waals surface area contributed by atoms with E-state index in [1.807, 2.05) is 0 Å². The van der Waals surface area contributed by atoms with E-state index in [1.165, 1.54) is 24.0 Å². The van der Waals surface area contributed by atoms with E-state index < -0.39 is 0 Å². The van der Waals surface area contributed by atoms with Crippen molar-refractivity contribution in [1.82, 2.24) is 9.97 Å². The van der Waals surface area contributed by atoms with Crippen molar-refractivity contribution in [2.45, 2.75) is 43.9 Å². The van der Waals surface area contributed by atoms with Gasteiger partial charge in [-0.3, -0.25) is 4.79 Å². The van der Waals surface area contributed by atoms with Gasteiger partial charge >= 0.3 is 0 Å². The molecule has 0 radical (unpaired) electrons. The molecule has 0 aliphatic heterocycles. The van der Waals surface area contributed by atoms with Crippen LogP contribution >= 0.6 is 22.6 Å². The van der Waals surface area contributed by atoms with E-state index in [1.54, 1.807) is 0 Å². The molecule has 1 heterocycles. The van der Waals surface area contributed by atoms with E-state index in [4.69, 9.17) is 4.98 Å². The van der Waals surface area contributed by atoms with Gasteiger partial charge in [-0.25, -0.2) is 4.98 Å². The van der Waals surface area contributed by atoms with Gasteiger partial charge in [-0.2, -0.15) is 0 Å². The number of aromatic nitrogens is 2. The van der Waals surface area contributed by atoms with Crippen LogP contribution in [0, 0.1) is 3.57 Å². The first kappa shape index (κ1) is 13.5. The minimum Gasteiger partial charge on any atom is -0.309 e. The minimum atomic E-state index is 0.0329. The number of aromatic amines is 1. The third-order valence-electron chi connectivity index (χ3n) is 4.57. The van der Waals surface area contributed by atoms with E-state index in [0.29, 0.717) is 5.92 Å². The summed E-state index contributed by atoms with van der Waals surface area (Å²) in [7, 11) is 0. The largest absolute Gasteiger partial charge is 0.309 e. The van der Waals surface area contributed by atoms with E-state index >= 15 is 0 Å². The van der Waals surface area contributed by atoms with E-state index in [2.05, 4.69) is 51.8 Å². The Labute approximate surface area is 137 Å². The van der Waals surface area contributed by atoms with Crippen molar-refractivity contribution in [2.24, 2.45) is 0 Å². The van der Waals surface area contributed by atoms with Gasteiger partial charge in [0.15, 0.2) is 0 Å². The second-order valence-electron chi connectivity index (χ2n) is 6.07. The molecule has 0 bridgehead atoms. The topological polar surface area (TPSA) is 45.8 Å².